The Labute approximate surface area is 176 Å². The number of carbonyl (C=O) groups is 1. The molecule has 0 atom stereocenters. The summed E-state index contributed by atoms with van der Waals surface area (Å²) in [5.74, 6) is 0.573. The number of halogens is 1. The van der Waals surface area contributed by atoms with E-state index in [9.17, 15) is 14.9 Å². The van der Waals surface area contributed by atoms with Crippen LogP contribution in [-0.2, 0) is 11.3 Å². The van der Waals surface area contributed by atoms with Gasteiger partial charge in [-0.3, -0.25) is 14.9 Å². The zero-order valence-electron chi connectivity index (χ0n) is 15.8. The molecule has 1 aromatic heterocycles. The molecule has 10 heteroatoms. The molecular weight excluding hydrogens is 414 g/mol. The minimum absolute atomic E-state index is 0.0129. The highest BCUT2D eigenvalue weighted by atomic mass is 35.5. The number of anilines is 1. The normalized spacial score (nSPS) is 10.7. The smallest absolute Gasteiger partial charge is 0.269 e. The van der Waals surface area contributed by atoms with Crippen LogP contribution in [-0.4, -0.2) is 31.3 Å². The third-order valence-corrected chi connectivity index (χ3v) is 5.62. The molecule has 0 aliphatic heterocycles. The maximum Gasteiger partial charge on any atom is 0.269 e. The number of aromatic nitrogens is 3. The van der Waals surface area contributed by atoms with E-state index in [2.05, 4.69) is 15.5 Å². The fourth-order valence-electron chi connectivity index (χ4n) is 2.69. The van der Waals surface area contributed by atoms with Crippen LogP contribution in [0.1, 0.15) is 12.5 Å². The van der Waals surface area contributed by atoms with Crippen LogP contribution in [0.3, 0.4) is 0 Å². The first-order chi connectivity index (χ1) is 13.9. The monoisotopic (exact) mass is 431 g/mol. The number of benzene rings is 2. The van der Waals surface area contributed by atoms with E-state index < -0.39 is 4.92 Å². The molecule has 8 nitrogen and oxygen atoms in total. The first-order valence-electron chi connectivity index (χ1n) is 8.76. The Morgan fingerprint density at radius 1 is 1.24 bits per heavy atom. The van der Waals surface area contributed by atoms with Gasteiger partial charge >= 0.3 is 0 Å². The highest BCUT2D eigenvalue weighted by molar-refractivity contribution is 7.99. The van der Waals surface area contributed by atoms with Crippen molar-refractivity contribution in [2.24, 2.45) is 0 Å². The molecule has 0 bridgehead atoms. The molecule has 0 saturated heterocycles. The number of non-ortho nitro benzene ring substituents is 1. The number of nitrogens with zero attached hydrogens (tertiary/aromatic N) is 4. The van der Waals surface area contributed by atoms with Crippen LogP contribution in [0.5, 0.6) is 0 Å². The predicted octanol–water partition coefficient (Wildman–Crippen LogP) is 4.57. The Bertz CT molecular complexity index is 1050. The van der Waals surface area contributed by atoms with Gasteiger partial charge in [0.1, 0.15) is 0 Å². The van der Waals surface area contributed by atoms with Crippen molar-refractivity contribution in [3.05, 3.63) is 63.2 Å². The van der Waals surface area contributed by atoms with Gasteiger partial charge in [-0.15, -0.1) is 10.2 Å². The van der Waals surface area contributed by atoms with Gasteiger partial charge in [-0.2, -0.15) is 0 Å². The van der Waals surface area contributed by atoms with Crippen LogP contribution in [0.2, 0.25) is 5.02 Å². The lowest BCUT2D eigenvalue weighted by Crippen LogP contribution is -2.15. The summed E-state index contributed by atoms with van der Waals surface area (Å²) in [5, 5.41) is 23.2. The molecule has 1 N–H and O–H groups in total. The van der Waals surface area contributed by atoms with Crippen molar-refractivity contribution in [2.75, 3.05) is 11.1 Å². The van der Waals surface area contributed by atoms with Gasteiger partial charge in [0.15, 0.2) is 11.0 Å². The highest BCUT2D eigenvalue weighted by Gasteiger charge is 2.16. The number of hydrogen-bond acceptors (Lipinski definition) is 6. The molecule has 150 valence electrons. The van der Waals surface area contributed by atoms with E-state index in [0.29, 0.717) is 28.2 Å². The van der Waals surface area contributed by atoms with Crippen LogP contribution in [0.15, 0.2) is 47.6 Å². The largest absolute Gasteiger partial charge is 0.325 e. The van der Waals surface area contributed by atoms with Gasteiger partial charge in [0.2, 0.25) is 5.91 Å². The van der Waals surface area contributed by atoms with Crippen LogP contribution in [0.4, 0.5) is 11.4 Å². The van der Waals surface area contributed by atoms with Crippen LogP contribution >= 0.6 is 23.4 Å². The lowest BCUT2D eigenvalue weighted by Gasteiger charge is -2.10. The zero-order chi connectivity index (χ0) is 21.0. The number of carbonyl (C=O) groups excluding carboxylic acids is 1. The van der Waals surface area contributed by atoms with Crippen molar-refractivity contribution in [3.8, 4) is 11.4 Å². The van der Waals surface area contributed by atoms with E-state index in [1.807, 2.05) is 18.4 Å². The summed E-state index contributed by atoms with van der Waals surface area (Å²) in [6, 6.07) is 11.5. The Kier molecular flexibility index (Phi) is 6.50. The molecule has 2 aromatic carbocycles. The maximum absolute atomic E-state index is 12.3. The fraction of sp³-hybridized carbons (Fsp3) is 0.211. The molecule has 29 heavy (non-hydrogen) atoms. The third-order valence-electron chi connectivity index (χ3n) is 4.24. The van der Waals surface area contributed by atoms with Gasteiger partial charge in [-0.1, -0.05) is 29.4 Å². The molecule has 0 saturated carbocycles. The number of nitrogens with one attached hydrogen (secondary N) is 1. The van der Waals surface area contributed by atoms with Crippen molar-refractivity contribution in [2.45, 2.75) is 25.5 Å². The summed E-state index contributed by atoms with van der Waals surface area (Å²) in [6.07, 6.45) is 0. The number of thioether (sulfide) groups is 1. The number of nitro groups is 1. The molecule has 1 heterocycles. The van der Waals surface area contributed by atoms with E-state index >= 15 is 0 Å². The van der Waals surface area contributed by atoms with E-state index in [-0.39, 0.29) is 17.3 Å². The van der Waals surface area contributed by atoms with Crippen molar-refractivity contribution in [1.82, 2.24) is 14.8 Å². The van der Waals surface area contributed by atoms with Gasteiger partial charge in [-0.25, -0.2) is 0 Å². The summed E-state index contributed by atoms with van der Waals surface area (Å²) in [6.45, 7) is 4.38. The van der Waals surface area contributed by atoms with Crippen LogP contribution in [0.25, 0.3) is 11.4 Å². The summed E-state index contributed by atoms with van der Waals surface area (Å²) in [5.41, 5.74) is 2.21. The van der Waals surface area contributed by atoms with Gasteiger partial charge in [0.25, 0.3) is 5.69 Å². The van der Waals surface area contributed by atoms with Crippen molar-refractivity contribution < 1.29 is 9.72 Å². The second-order valence-corrected chi connectivity index (χ2v) is 7.45. The molecular formula is C19H18ClN5O3S. The van der Waals surface area contributed by atoms with Crippen molar-refractivity contribution in [3.63, 3.8) is 0 Å². The van der Waals surface area contributed by atoms with E-state index in [4.69, 9.17) is 11.6 Å². The first-order valence-corrected chi connectivity index (χ1v) is 10.1. The highest BCUT2D eigenvalue weighted by Crippen LogP contribution is 2.26. The lowest BCUT2D eigenvalue weighted by atomic mass is 10.2. The van der Waals surface area contributed by atoms with Gasteiger partial charge in [0.05, 0.1) is 10.7 Å². The predicted molar refractivity (Wildman–Crippen MR) is 113 cm³/mol. The molecule has 0 aliphatic rings. The van der Waals surface area contributed by atoms with E-state index in [1.165, 1.54) is 23.9 Å². The SMILES string of the molecule is CCn1c(SCC(=O)Nc2cccc(Cl)c2C)nnc1-c1ccc([N+](=O)[O-])cc1. The Hall–Kier alpha value is -2.91. The quantitative estimate of drug-likeness (QED) is 0.334. The maximum atomic E-state index is 12.3. The molecule has 0 unspecified atom stereocenters. The molecule has 0 fully saturated rings. The van der Waals surface area contributed by atoms with Gasteiger partial charge in [0, 0.05) is 35.0 Å². The number of nitro benzene ring substituents is 1. The molecule has 0 spiro atoms. The van der Waals surface area contributed by atoms with Gasteiger partial charge in [-0.05, 0) is 43.7 Å². The van der Waals surface area contributed by atoms with Gasteiger partial charge < -0.3 is 9.88 Å². The fourth-order valence-corrected chi connectivity index (χ4v) is 3.66. The molecule has 0 radical (unpaired) electrons. The van der Waals surface area contributed by atoms with Crippen LogP contribution in [0, 0.1) is 17.0 Å². The molecule has 0 aliphatic carbocycles. The lowest BCUT2D eigenvalue weighted by molar-refractivity contribution is -0.384. The summed E-state index contributed by atoms with van der Waals surface area (Å²) in [7, 11) is 0. The second kappa shape index (κ2) is 9.06. The standard InChI is InChI=1S/C19H18ClN5O3S/c1-3-24-18(13-7-9-14(10-8-13)25(27)28)22-23-19(24)29-11-17(26)21-16-6-4-5-15(20)12(16)2/h4-10H,3,11H2,1-2H3,(H,21,26). The number of hydrogen-bond donors (Lipinski definition) is 1. The Morgan fingerprint density at radius 3 is 2.62 bits per heavy atom. The Balaban J connectivity index is 1.71. The van der Waals surface area contributed by atoms with E-state index in [0.717, 1.165) is 11.1 Å². The minimum Gasteiger partial charge on any atom is -0.325 e. The topological polar surface area (TPSA) is 103 Å². The zero-order valence-corrected chi connectivity index (χ0v) is 17.3. The molecule has 3 rings (SSSR count). The van der Waals surface area contributed by atoms with Crippen LogP contribution < -0.4 is 5.32 Å². The minimum atomic E-state index is -0.449. The van der Waals surface area contributed by atoms with Crippen molar-refractivity contribution >= 4 is 40.6 Å². The number of amides is 1. The summed E-state index contributed by atoms with van der Waals surface area (Å²) in [4.78, 5) is 22.7. The first kappa shape index (κ1) is 20.8. The second-order valence-electron chi connectivity index (χ2n) is 6.10. The Morgan fingerprint density at radius 2 is 1.97 bits per heavy atom. The molecule has 1 amide bonds. The van der Waals surface area contributed by atoms with E-state index in [1.54, 1.807) is 30.3 Å². The van der Waals surface area contributed by atoms with Crippen molar-refractivity contribution in [1.29, 1.82) is 0 Å². The average Bonchev–Trinajstić information content (AvgIpc) is 3.13. The molecule has 3 aromatic rings. The summed E-state index contributed by atoms with van der Waals surface area (Å²) >= 11 is 7.35. The summed E-state index contributed by atoms with van der Waals surface area (Å²) < 4.78 is 1.86. The third kappa shape index (κ3) is 4.75. The average molecular weight is 432 g/mol. The number of rotatable bonds is 7.